The van der Waals surface area contributed by atoms with Crippen molar-refractivity contribution >= 4 is 0 Å². The van der Waals surface area contributed by atoms with E-state index in [1.807, 2.05) is 24.3 Å². The molecule has 84 valence electrons. The summed E-state index contributed by atoms with van der Waals surface area (Å²) >= 11 is 0. The Bertz CT molecular complexity index is 271. The minimum Gasteiger partial charge on any atom is -0.497 e. The van der Waals surface area contributed by atoms with Crippen LogP contribution < -0.4 is 16.2 Å². The van der Waals surface area contributed by atoms with Crippen LogP contribution in [-0.2, 0) is 0 Å². The second-order valence-corrected chi connectivity index (χ2v) is 3.66. The van der Waals surface area contributed by atoms with Gasteiger partial charge in [-0.1, -0.05) is 18.6 Å². The summed E-state index contributed by atoms with van der Waals surface area (Å²) in [6.45, 7) is 0.745. The molecule has 0 aliphatic heterocycles. The van der Waals surface area contributed by atoms with Crippen molar-refractivity contribution in [1.82, 2.24) is 0 Å². The smallest absolute Gasteiger partial charge is 0.118 e. The van der Waals surface area contributed by atoms with Crippen LogP contribution in [0.25, 0.3) is 0 Å². The normalized spacial score (nSPS) is 12.5. The average molecular weight is 208 g/mol. The number of hydrogen-bond acceptors (Lipinski definition) is 3. The monoisotopic (exact) mass is 208 g/mol. The Hall–Kier alpha value is -1.06. The number of unbranched alkanes of at least 4 members (excludes halogenated alkanes) is 1. The Morgan fingerprint density at radius 1 is 1.20 bits per heavy atom. The fraction of sp³-hybridized carbons (Fsp3) is 0.500. The molecule has 1 aromatic rings. The molecule has 1 atom stereocenters. The number of methoxy groups -OCH3 is 1. The van der Waals surface area contributed by atoms with Gasteiger partial charge >= 0.3 is 0 Å². The quantitative estimate of drug-likeness (QED) is 0.701. The molecule has 0 spiro atoms. The first kappa shape index (κ1) is 12.0. The summed E-state index contributed by atoms with van der Waals surface area (Å²) in [5, 5.41) is 0. The fourth-order valence-corrected chi connectivity index (χ4v) is 1.53. The summed E-state index contributed by atoms with van der Waals surface area (Å²) in [5.74, 6) is 0.868. The number of rotatable bonds is 6. The minimum absolute atomic E-state index is 0.113. The molecule has 0 unspecified atom stereocenters. The lowest BCUT2D eigenvalue weighted by Crippen LogP contribution is -2.10. The molecule has 0 aromatic heterocycles. The van der Waals surface area contributed by atoms with Gasteiger partial charge < -0.3 is 16.2 Å². The van der Waals surface area contributed by atoms with Gasteiger partial charge in [-0.25, -0.2) is 0 Å². The first-order chi connectivity index (χ1) is 7.27. The molecular formula is C12H20N2O. The predicted molar refractivity (Wildman–Crippen MR) is 62.8 cm³/mol. The first-order valence-electron chi connectivity index (χ1n) is 5.37. The van der Waals surface area contributed by atoms with Crippen LogP contribution in [0.15, 0.2) is 24.3 Å². The van der Waals surface area contributed by atoms with E-state index in [9.17, 15) is 0 Å². The van der Waals surface area contributed by atoms with Crippen LogP contribution in [0, 0.1) is 0 Å². The van der Waals surface area contributed by atoms with E-state index >= 15 is 0 Å². The molecule has 3 nitrogen and oxygen atoms in total. The molecule has 1 aromatic carbocycles. The van der Waals surface area contributed by atoms with Crippen LogP contribution in [0.5, 0.6) is 5.75 Å². The van der Waals surface area contributed by atoms with Crippen LogP contribution in [0.3, 0.4) is 0 Å². The van der Waals surface area contributed by atoms with Gasteiger partial charge in [0.1, 0.15) is 5.75 Å². The van der Waals surface area contributed by atoms with Gasteiger partial charge in [-0.2, -0.15) is 0 Å². The van der Waals surface area contributed by atoms with Crippen LogP contribution in [-0.4, -0.2) is 13.7 Å². The SMILES string of the molecule is COc1ccc([C@H](N)CCCCN)cc1. The lowest BCUT2D eigenvalue weighted by atomic mass is 10.0. The van der Waals surface area contributed by atoms with Gasteiger partial charge in [-0.05, 0) is 37.1 Å². The topological polar surface area (TPSA) is 61.3 Å². The summed E-state index contributed by atoms with van der Waals surface area (Å²) in [7, 11) is 1.66. The Labute approximate surface area is 91.4 Å². The maximum Gasteiger partial charge on any atom is 0.118 e. The molecule has 3 heteroatoms. The lowest BCUT2D eigenvalue weighted by molar-refractivity contribution is 0.414. The van der Waals surface area contributed by atoms with Gasteiger partial charge in [-0.15, -0.1) is 0 Å². The molecule has 0 radical (unpaired) electrons. The third-order valence-electron chi connectivity index (χ3n) is 2.51. The molecular weight excluding hydrogens is 188 g/mol. The zero-order valence-corrected chi connectivity index (χ0v) is 9.28. The number of benzene rings is 1. The minimum atomic E-state index is 0.113. The molecule has 0 amide bonds. The van der Waals surface area contributed by atoms with Crippen molar-refractivity contribution < 1.29 is 4.74 Å². The van der Waals surface area contributed by atoms with Crippen molar-refractivity contribution in [3.05, 3.63) is 29.8 Å². The van der Waals surface area contributed by atoms with Gasteiger partial charge in [0.05, 0.1) is 7.11 Å². The van der Waals surface area contributed by atoms with Crippen LogP contribution in [0.4, 0.5) is 0 Å². The maximum atomic E-state index is 6.05. The molecule has 0 aliphatic carbocycles. The molecule has 1 rings (SSSR count). The summed E-state index contributed by atoms with van der Waals surface area (Å²) in [6, 6.07) is 8.04. The van der Waals surface area contributed by atoms with Crippen molar-refractivity contribution in [3.63, 3.8) is 0 Å². The molecule has 4 N–H and O–H groups in total. The second kappa shape index (κ2) is 6.43. The zero-order chi connectivity index (χ0) is 11.1. The van der Waals surface area contributed by atoms with E-state index in [4.69, 9.17) is 16.2 Å². The molecule has 0 saturated carbocycles. The fourth-order valence-electron chi connectivity index (χ4n) is 1.53. The van der Waals surface area contributed by atoms with Gasteiger partial charge in [0.2, 0.25) is 0 Å². The molecule has 15 heavy (non-hydrogen) atoms. The number of nitrogens with two attached hydrogens (primary N) is 2. The van der Waals surface area contributed by atoms with Gasteiger partial charge in [0.25, 0.3) is 0 Å². The van der Waals surface area contributed by atoms with E-state index < -0.39 is 0 Å². The summed E-state index contributed by atoms with van der Waals surface area (Å²) < 4.78 is 5.09. The maximum absolute atomic E-state index is 6.05. The van der Waals surface area contributed by atoms with Crippen molar-refractivity contribution in [2.45, 2.75) is 25.3 Å². The van der Waals surface area contributed by atoms with Crippen LogP contribution >= 0.6 is 0 Å². The van der Waals surface area contributed by atoms with E-state index in [1.54, 1.807) is 7.11 Å². The van der Waals surface area contributed by atoms with Crippen molar-refractivity contribution in [1.29, 1.82) is 0 Å². The average Bonchev–Trinajstić information content (AvgIpc) is 2.29. The van der Waals surface area contributed by atoms with Gasteiger partial charge in [0, 0.05) is 6.04 Å². The van der Waals surface area contributed by atoms with E-state index in [0.29, 0.717) is 0 Å². The highest BCUT2D eigenvalue weighted by molar-refractivity contribution is 5.28. The second-order valence-electron chi connectivity index (χ2n) is 3.66. The van der Waals surface area contributed by atoms with Crippen LogP contribution in [0.2, 0.25) is 0 Å². The van der Waals surface area contributed by atoms with E-state index in [2.05, 4.69) is 0 Å². The number of hydrogen-bond donors (Lipinski definition) is 2. The molecule has 0 bridgehead atoms. The highest BCUT2D eigenvalue weighted by atomic mass is 16.5. The standard InChI is InChI=1S/C12H20N2O/c1-15-11-7-5-10(6-8-11)12(14)4-2-3-9-13/h5-8,12H,2-4,9,13-14H2,1H3/t12-/m1/s1. The Morgan fingerprint density at radius 2 is 1.87 bits per heavy atom. The molecule has 0 fully saturated rings. The summed E-state index contributed by atoms with van der Waals surface area (Å²) in [5.41, 5.74) is 12.6. The van der Waals surface area contributed by atoms with E-state index in [-0.39, 0.29) is 6.04 Å². The highest BCUT2D eigenvalue weighted by Crippen LogP contribution is 2.19. The Kier molecular flexibility index (Phi) is 5.15. The van der Waals surface area contributed by atoms with E-state index in [0.717, 1.165) is 37.1 Å². The Balaban J connectivity index is 2.46. The molecule has 0 heterocycles. The molecule has 0 aliphatic rings. The summed E-state index contributed by atoms with van der Waals surface area (Å²) in [6.07, 6.45) is 3.12. The predicted octanol–water partition coefficient (Wildman–Crippen LogP) is 1.82. The Morgan fingerprint density at radius 3 is 2.40 bits per heavy atom. The largest absolute Gasteiger partial charge is 0.497 e. The van der Waals surface area contributed by atoms with Crippen molar-refractivity contribution in [2.24, 2.45) is 11.5 Å². The number of ether oxygens (including phenoxy) is 1. The third-order valence-corrected chi connectivity index (χ3v) is 2.51. The zero-order valence-electron chi connectivity index (χ0n) is 9.28. The highest BCUT2D eigenvalue weighted by Gasteiger charge is 2.05. The van der Waals surface area contributed by atoms with Crippen molar-refractivity contribution in [3.8, 4) is 5.75 Å². The van der Waals surface area contributed by atoms with Crippen LogP contribution in [0.1, 0.15) is 30.9 Å². The molecule has 0 saturated heterocycles. The third kappa shape index (κ3) is 3.90. The van der Waals surface area contributed by atoms with Gasteiger partial charge in [-0.3, -0.25) is 0 Å². The van der Waals surface area contributed by atoms with E-state index in [1.165, 1.54) is 0 Å². The van der Waals surface area contributed by atoms with Gasteiger partial charge in [0.15, 0.2) is 0 Å². The first-order valence-corrected chi connectivity index (χ1v) is 5.37. The van der Waals surface area contributed by atoms with Crippen molar-refractivity contribution in [2.75, 3.05) is 13.7 Å². The lowest BCUT2D eigenvalue weighted by Gasteiger charge is -2.12. The summed E-state index contributed by atoms with van der Waals surface area (Å²) in [4.78, 5) is 0.